The van der Waals surface area contributed by atoms with Crippen LogP contribution in [0.1, 0.15) is 0 Å². The Kier molecular flexibility index (Phi) is 6.60. The van der Waals surface area contributed by atoms with Crippen LogP contribution in [0.25, 0.3) is 107 Å². The third-order valence-corrected chi connectivity index (χ3v) is 13.2. The number of rotatable bonds is 4. The molecule has 10 aromatic carbocycles. The van der Waals surface area contributed by atoms with Crippen LogP contribution in [-0.2, 0) is 0 Å². The maximum Gasteiger partial charge on any atom is 0.135 e. The van der Waals surface area contributed by atoms with Gasteiger partial charge in [0, 0.05) is 58.7 Å². The van der Waals surface area contributed by atoms with Gasteiger partial charge in [0.15, 0.2) is 0 Å². The molecule has 0 aliphatic heterocycles. The average Bonchev–Trinajstić information content (AvgIpc) is 3.97. The number of fused-ring (bicyclic) bond motifs is 15. The lowest BCUT2D eigenvalue weighted by molar-refractivity contribution is 0.668. The van der Waals surface area contributed by atoms with Crippen molar-refractivity contribution in [2.24, 2.45) is 0 Å². The molecule has 0 atom stereocenters. The summed E-state index contributed by atoms with van der Waals surface area (Å²) in [5.74, 6) is 0. The van der Waals surface area contributed by atoms with Gasteiger partial charge in [0.1, 0.15) is 22.3 Å². The molecule has 58 heavy (non-hydrogen) atoms. The van der Waals surface area contributed by atoms with Gasteiger partial charge in [-0.1, -0.05) is 109 Å². The number of anilines is 3. The summed E-state index contributed by atoms with van der Waals surface area (Å²) >= 11 is 1.85. The standard InChI is InChI=1S/C54H31NO2S/c1-3-13-37-35(11-1)36-12-2-4-14-38(36)44-31-48(42(30-43(37)44)32-21-24-51-45(27-32)39-15-5-8-18-49(39)56-51)55(33-22-25-52-46(28-33)40-16-6-9-19-50(40)57-52)34-23-26-54-47(29-34)41-17-7-10-20-53(41)58-54/h1-31H. The predicted octanol–water partition coefficient (Wildman–Crippen LogP) is 16.4. The number of hydrogen-bond donors (Lipinski definition) is 0. The van der Waals surface area contributed by atoms with Crippen molar-refractivity contribution in [3.05, 3.63) is 188 Å². The normalized spacial score (nSPS) is 12.1. The molecule has 0 bridgehead atoms. The maximum absolute atomic E-state index is 6.38. The van der Waals surface area contributed by atoms with Crippen LogP contribution in [0.15, 0.2) is 197 Å². The van der Waals surface area contributed by atoms with Crippen molar-refractivity contribution < 1.29 is 8.83 Å². The van der Waals surface area contributed by atoms with Gasteiger partial charge < -0.3 is 13.7 Å². The minimum absolute atomic E-state index is 0.873. The zero-order valence-electron chi connectivity index (χ0n) is 31.1. The topological polar surface area (TPSA) is 29.5 Å². The third kappa shape index (κ3) is 4.61. The Labute approximate surface area is 336 Å². The van der Waals surface area contributed by atoms with Gasteiger partial charge in [0.2, 0.25) is 0 Å². The first-order chi connectivity index (χ1) is 28.7. The fourth-order valence-corrected chi connectivity index (χ4v) is 10.5. The lowest BCUT2D eigenvalue weighted by Crippen LogP contribution is -2.11. The van der Waals surface area contributed by atoms with Crippen molar-refractivity contribution in [2.75, 3.05) is 4.90 Å². The van der Waals surface area contributed by atoms with Gasteiger partial charge in [-0.05, 0) is 117 Å². The second-order valence-corrected chi connectivity index (χ2v) is 16.3. The second-order valence-electron chi connectivity index (χ2n) is 15.2. The molecule has 3 aromatic heterocycles. The van der Waals surface area contributed by atoms with Gasteiger partial charge in [-0.3, -0.25) is 0 Å². The van der Waals surface area contributed by atoms with Crippen LogP contribution < -0.4 is 4.90 Å². The first-order valence-corrected chi connectivity index (χ1v) is 20.5. The molecule has 3 nitrogen and oxygen atoms in total. The number of para-hydroxylation sites is 2. The summed E-state index contributed by atoms with van der Waals surface area (Å²) < 4.78 is 15.3. The minimum atomic E-state index is 0.873. The Hall–Kier alpha value is -7.40. The van der Waals surface area contributed by atoms with Gasteiger partial charge in [-0.25, -0.2) is 0 Å². The molecule has 0 spiro atoms. The lowest BCUT2D eigenvalue weighted by atomic mass is 9.90. The van der Waals surface area contributed by atoms with E-state index in [0.29, 0.717) is 0 Å². The predicted molar refractivity (Wildman–Crippen MR) is 247 cm³/mol. The summed E-state index contributed by atoms with van der Waals surface area (Å²) in [7, 11) is 0. The highest BCUT2D eigenvalue weighted by Crippen LogP contribution is 2.49. The van der Waals surface area contributed by atoms with E-state index in [4.69, 9.17) is 8.83 Å². The zero-order chi connectivity index (χ0) is 37.9. The Morgan fingerprint density at radius 1 is 0.310 bits per heavy atom. The van der Waals surface area contributed by atoms with E-state index >= 15 is 0 Å². The van der Waals surface area contributed by atoms with Crippen LogP contribution in [0.5, 0.6) is 0 Å². The molecule has 0 amide bonds. The van der Waals surface area contributed by atoms with Gasteiger partial charge in [-0.2, -0.15) is 0 Å². The fourth-order valence-electron chi connectivity index (χ4n) is 9.38. The molecular weight excluding hydrogens is 727 g/mol. The molecular formula is C54H31NO2S. The Morgan fingerprint density at radius 3 is 1.45 bits per heavy atom. The fraction of sp³-hybridized carbons (Fsp3) is 0. The highest BCUT2D eigenvalue weighted by molar-refractivity contribution is 7.25. The molecule has 4 heteroatoms. The van der Waals surface area contributed by atoms with E-state index < -0.39 is 0 Å². The second kappa shape index (κ2) is 12.1. The largest absolute Gasteiger partial charge is 0.456 e. The van der Waals surface area contributed by atoms with Crippen LogP contribution in [-0.4, -0.2) is 0 Å². The summed E-state index contributed by atoms with van der Waals surface area (Å²) in [6.07, 6.45) is 0. The number of hydrogen-bond acceptors (Lipinski definition) is 4. The Balaban J connectivity index is 1.18. The van der Waals surface area contributed by atoms with Crippen molar-refractivity contribution in [2.45, 2.75) is 0 Å². The smallest absolute Gasteiger partial charge is 0.135 e. The molecule has 0 N–H and O–H groups in total. The maximum atomic E-state index is 6.38. The molecule has 13 rings (SSSR count). The molecule has 0 aliphatic carbocycles. The van der Waals surface area contributed by atoms with Gasteiger partial charge >= 0.3 is 0 Å². The van der Waals surface area contributed by atoms with Gasteiger partial charge in [-0.15, -0.1) is 11.3 Å². The van der Waals surface area contributed by atoms with Crippen molar-refractivity contribution >= 4 is 125 Å². The third-order valence-electron chi connectivity index (χ3n) is 12.0. The van der Waals surface area contributed by atoms with Crippen LogP contribution in [0.2, 0.25) is 0 Å². The number of thiophene rings is 1. The number of nitrogens with zero attached hydrogens (tertiary/aromatic N) is 1. The van der Waals surface area contributed by atoms with E-state index in [9.17, 15) is 0 Å². The summed E-state index contributed by atoms with van der Waals surface area (Å²) in [5, 5.41) is 14.3. The zero-order valence-corrected chi connectivity index (χ0v) is 31.9. The molecule has 0 saturated heterocycles. The van der Waals surface area contributed by atoms with E-state index in [1.807, 2.05) is 23.5 Å². The first-order valence-electron chi connectivity index (χ1n) is 19.7. The molecule has 3 heterocycles. The highest BCUT2D eigenvalue weighted by atomic mass is 32.1. The number of furan rings is 2. The summed E-state index contributed by atoms with van der Waals surface area (Å²) in [6, 6.07) is 68.2. The van der Waals surface area contributed by atoms with E-state index in [0.717, 1.165) is 72.1 Å². The monoisotopic (exact) mass is 757 g/mol. The molecule has 0 fully saturated rings. The molecule has 13 aromatic rings. The van der Waals surface area contributed by atoms with Crippen molar-refractivity contribution in [3.63, 3.8) is 0 Å². The van der Waals surface area contributed by atoms with Gasteiger partial charge in [0.25, 0.3) is 0 Å². The molecule has 270 valence electrons. The first kappa shape index (κ1) is 31.8. The van der Waals surface area contributed by atoms with E-state index in [2.05, 4.69) is 181 Å². The van der Waals surface area contributed by atoms with Crippen LogP contribution in [0.4, 0.5) is 17.1 Å². The Bertz CT molecular complexity index is 3720. The average molecular weight is 758 g/mol. The van der Waals surface area contributed by atoms with E-state index in [-0.39, 0.29) is 0 Å². The minimum Gasteiger partial charge on any atom is -0.456 e. The SMILES string of the molecule is c1ccc2c(c1)oc1ccc(-c3cc4c5ccccc5c5ccccc5c4cc3N(c3ccc4oc5ccccc5c4c3)c3ccc4sc5ccccc5c4c3)cc12. The van der Waals surface area contributed by atoms with Crippen LogP contribution >= 0.6 is 11.3 Å². The summed E-state index contributed by atoms with van der Waals surface area (Å²) in [5.41, 5.74) is 9.02. The lowest BCUT2D eigenvalue weighted by Gasteiger charge is -2.29. The summed E-state index contributed by atoms with van der Waals surface area (Å²) in [4.78, 5) is 2.46. The van der Waals surface area contributed by atoms with Gasteiger partial charge in [0.05, 0.1) is 5.69 Å². The van der Waals surface area contributed by atoms with E-state index in [1.165, 1.54) is 52.5 Å². The molecule has 0 saturated carbocycles. The quantitative estimate of drug-likeness (QED) is 0.167. The van der Waals surface area contributed by atoms with Crippen molar-refractivity contribution in [1.82, 2.24) is 0 Å². The summed E-state index contributed by atoms with van der Waals surface area (Å²) in [6.45, 7) is 0. The van der Waals surface area contributed by atoms with Crippen molar-refractivity contribution in [1.29, 1.82) is 0 Å². The number of benzene rings is 10. The van der Waals surface area contributed by atoms with E-state index in [1.54, 1.807) is 0 Å². The molecule has 0 radical (unpaired) electrons. The van der Waals surface area contributed by atoms with Crippen LogP contribution in [0, 0.1) is 0 Å². The van der Waals surface area contributed by atoms with Crippen molar-refractivity contribution in [3.8, 4) is 11.1 Å². The molecule has 0 aliphatic rings. The van der Waals surface area contributed by atoms with Crippen LogP contribution in [0.3, 0.4) is 0 Å². The Morgan fingerprint density at radius 2 is 0.776 bits per heavy atom. The highest BCUT2D eigenvalue weighted by Gasteiger charge is 2.23. The molecule has 0 unspecified atom stereocenters.